The van der Waals surface area contributed by atoms with Gasteiger partial charge in [0.15, 0.2) is 0 Å². The Morgan fingerprint density at radius 3 is 2.42 bits per heavy atom. The number of nitrogens with one attached hydrogen (secondary N) is 1. The highest BCUT2D eigenvalue weighted by atomic mass is 16.2. The van der Waals surface area contributed by atoms with Crippen LogP contribution in [-0.2, 0) is 22.6 Å². The summed E-state index contributed by atoms with van der Waals surface area (Å²) in [6.07, 6.45) is 14.4. The van der Waals surface area contributed by atoms with E-state index in [1.54, 1.807) is 0 Å². The Balaban J connectivity index is 1.28. The van der Waals surface area contributed by atoms with Crippen LogP contribution >= 0.6 is 0 Å². The molecule has 6 nitrogen and oxygen atoms in total. The first-order valence-electron chi connectivity index (χ1n) is 13.2. The first-order chi connectivity index (χ1) is 16.2. The van der Waals surface area contributed by atoms with Crippen LogP contribution in [0.3, 0.4) is 0 Å². The van der Waals surface area contributed by atoms with E-state index in [9.17, 15) is 9.59 Å². The Bertz CT molecular complexity index is 908. The fourth-order valence-corrected chi connectivity index (χ4v) is 5.35. The van der Waals surface area contributed by atoms with Crippen molar-refractivity contribution in [3.05, 3.63) is 30.1 Å². The SMILES string of the molecule is O=C(NCCCCCc1nc2ccccc2n1CC(=O)N1CCCCCC1)C1CCCCC1. The van der Waals surface area contributed by atoms with Crippen molar-refractivity contribution in [2.24, 2.45) is 5.92 Å². The number of amides is 2. The van der Waals surface area contributed by atoms with Gasteiger partial charge in [0.1, 0.15) is 12.4 Å². The lowest BCUT2D eigenvalue weighted by Gasteiger charge is -2.21. The third kappa shape index (κ3) is 6.58. The van der Waals surface area contributed by atoms with Crippen molar-refractivity contribution in [1.29, 1.82) is 0 Å². The number of benzene rings is 1. The van der Waals surface area contributed by atoms with E-state index in [4.69, 9.17) is 4.98 Å². The zero-order valence-electron chi connectivity index (χ0n) is 20.1. The van der Waals surface area contributed by atoms with Crippen molar-refractivity contribution in [3.8, 4) is 0 Å². The van der Waals surface area contributed by atoms with Crippen molar-refractivity contribution in [1.82, 2.24) is 19.8 Å². The van der Waals surface area contributed by atoms with Crippen LogP contribution in [0.25, 0.3) is 11.0 Å². The molecule has 2 heterocycles. The Hall–Kier alpha value is -2.37. The summed E-state index contributed by atoms with van der Waals surface area (Å²) >= 11 is 0. The number of carbonyl (C=O) groups excluding carboxylic acids is 2. The highest BCUT2D eigenvalue weighted by Crippen LogP contribution is 2.23. The molecule has 6 heteroatoms. The van der Waals surface area contributed by atoms with Crippen LogP contribution in [0.1, 0.15) is 82.9 Å². The number of nitrogens with zero attached hydrogens (tertiary/aromatic N) is 3. The average molecular weight is 453 g/mol. The number of aromatic nitrogens is 2. The number of hydrogen-bond acceptors (Lipinski definition) is 3. The van der Waals surface area contributed by atoms with Crippen LogP contribution in [0.5, 0.6) is 0 Å². The Morgan fingerprint density at radius 1 is 0.909 bits per heavy atom. The summed E-state index contributed by atoms with van der Waals surface area (Å²) in [4.78, 5) is 32.3. The molecule has 0 bridgehead atoms. The number of fused-ring (bicyclic) bond motifs is 1. The number of aryl methyl sites for hydroxylation is 1. The summed E-state index contributed by atoms with van der Waals surface area (Å²) in [5.41, 5.74) is 2.02. The van der Waals surface area contributed by atoms with Gasteiger partial charge in [0.2, 0.25) is 11.8 Å². The summed E-state index contributed by atoms with van der Waals surface area (Å²) in [7, 11) is 0. The molecule has 1 aromatic heterocycles. The molecule has 1 aliphatic carbocycles. The van der Waals surface area contributed by atoms with Gasteiger partial charge in [-0.15, -0.1) is 0 Å². The number of rotatable bonds is 9. The third-order valence-corrected chi connectivity index (χ3v) is 7.34. The smallest absolute Gasteiger partial charge is 0.242 e. The van der Waals surface area contributed by atoms with E-state index >= 15 is 0 Å². The highest BCUT2D eigenvalue weighted by Gasteiger charge is 2.21. The van der Waals surface area contributed by atoms with Crippen molar-refractivity contribution in [2.45, 2.75) is 90.0 Å². The Kier molecular flexibility index (Phi) is 8.79. The van der Waals surface area contributed by atoms with Gasteiger partial charge in [-0.2, -0.15) is 0 Å². The van der Waals surface area contributed by atoms with E-state index in [0.29, 0.717) is 6.54 Å². The molecule has 1 saturated heterocycles. The molecule has 180 valence electrons. The molecule has 1 N–H and O–H groups in total. The molecule has 1 aliphatic heterocycles. The van der Waals surface area contributed by atoms with Gasteiger partial charge in [0, 0.05) is 32.0 Å². The van der Waals surface area contributed by atoms with Crippen LogP contribution in [-0.4, -0.2) is 45.9 Å². The largest absolute Gasteiger partial charge is 0.356 e. The molecular formula is C27H40N4O2. The minimum Gasteiger partial charge on any atom is -0.356 e. The number of para-hydroxylation sites is 2. The van der Waals surface area contributed by atoms with E-state index in [2.05, 4.69) is 16.0 Å². The molecule has 1 aromatic carbocycles. The quantitative estimate of drug-likeness (QED) is 0.553. The molecule has 0 radical (unpaired) electrons. The number of imidazole rings is 1. The lowest BCUT2D eigenvalue weighted by Crippen LogP contribution is -2.34. The molecular weight excluding hydrogens is 412 g/mol. The van der Waals surface area contributed by atoms with Gasteiger partial charge in [-0.1, -0.05) is 50.7 Å². The molecule has 2 aromatic rings. The van der Waals surface area contributed by atoms with Crippen molar-refractivity contribution >= 4 is 22.8 Å². The third-order valence-electron chi connectivity index (χ3n) is 7.34. The summed E-state index contributed by atoms with van der Waals surface area (Å²) in [6, 6.07) is 8.14. The minimum absolute atomic E-state index is 0.215. The lowest BCUT2D eigenvalue weighted by molar-refractivity contribution is -0.131. The zero-order valence-corrected chi connectivity index (χ0v) is 20.1. The van der Waals surface area contributed by atoms with Crippen molar-refractivity contribution in [2.75, 3.05) is 19.6 Å². The van der Waals surface area contributed by atoms with Crippen LogP contribution in [0, 0.1) is 5.92 Å². The van der Waals surface area contributed by atoms with Crippen LogP contribution < -0.4 is 5.32 Å². The van der Waals surface area contributed by atoms with E-state index in [0.717, 1.165) is 87.9 Å². The standard InChI is InChI=1S/C27H40N4O2/c32-26(30-19-11-1-2-12-20-30)21-31-24-16-9-8-15-23(24)29-25(31)17-7-4-10-18-28-27(33)22-13-5-3-6-14-22/h8-9,15-16,22H,1-7,10-14,17-21H2,(H,28,33). The normalized spacial score (nSPS) is 17.8. The maximum Gasteiger partial charge on any atom is 0.242 e. The number of carbonyl (C=O) groups is 2. The number of unbranched alkanes of at least 4 members (excludes halogenated alkanes) is 2. The monoisotopic (exact) mass is 452 g/mol. The molecule has 1 saturated carbocycles. The molecule has 0 spiro atoms. The highest BCUT2D eigenvalue weighted by molar-refractivity contribution is 5.81. The first-order valence-corrected chi connectivity index (χ1v) is 13.2. The zero-order chi connectivity index (χ0) is 22.9. The summed E-state index contributed by atoms with van der Waals surface area (Å²) < 4.78 is 2.13. The second-order valence-electron chi connectivity index (χ2n) is 9.83. The topological polar surface area (TPSA) is 67.2 Å². The van der Waals surface area contributed by atoms with Crippen LogP contribution in [0.2, 0.25) is 0 Å². The van der Waals surface area contributed by atoms with Crippen LogP contribution in [0.15, 0.2) is 24.3 Å². The predicted molar refractivity (Wildman–Crippen MR) is 132 cm³/mol. The molecule has 0 atom stereocenters. The first kappa shape index (κ1) is 23.8. The van der Waals surface area contributed by atoms with E-state index in [-0.39, 0.29) is 17.7 Å². The maximum absolute atomic E-state index is 13.1. The van der Waals surface area contributed by atoms with E-state index in [1.807, 2.05) is 23.1 Å². The summed E-state index contributed by atoms with van der Waals surface area (Å²) in [5.74, 6) is 1.71. The fraction of sp³-hybridized carbons (Fsp3) is 0.667. The molecule has 0 unspecified atom stereocenters. The fourth-order valence-electron chi connectivity index (χ4n) is 5.35. The lowest BCUT2D eigenvalue weighted by atomic mass is 9.89. The average Bonchev–Trinajstić information content (AvgIpc) is 3.01. The van der Waals surface area contributed by atoms with Crippen molar-refractivity contribution < 1.29 is 9.59 Å². The molecule has 33 heavy (non-hydrogen) atoms. The van der Waals surface area contributed by atoms with E-state index in [1.165, 1.54) is 32.1 Å². The van der Waals surface area contributed by atoms with Crippen LogP contribution in [0.4, 0.5) is 0 Å². The summed E-state index contributed by atoms with van der Waals surface area (Å²) in [5, 5.41) is 3.14. The Labute approximate surface area is 198 Å². The molecule has 2 fully saturated rings. The van der Waals surface area contributed by atoms with Gasteiger partial charge >= 0.3 is 0 Å². The Morgan fingerprint density at radius 2 is 1.64 bits per heavy atom. The minimum atomic E-state index is 0.215. The molecule has 2 aliphatic rings. The van der Waals surface area contributed by atoms with Gasteiger partial charge in [-0.25, -0.2) is 4.98 Å². The van der Waals surface area contributed by atoms with Gasteiger partial charge in [0.05, 0.1) is 11.0 Å². The second kappa shape index (κ2) is 12.2. The van der Waals surface area contributed by atoms with E-state index < -0.39 is 0 Å². The maximum atomic E-state index is 13.1. The molecule has 4 rings (SSSR count). The predicted octanol–water partition coefficient (Wildman–Crippen LogP) is 4.85. The summed E-state index contributed by atoms with van der Waals surface area (Å²) in [6.45, 7) is 2.91. The van der Waals surface area contributed by atoms with Gasteiger partial charge in [-0.05, 0) is 50.7 Å². The van der Waals surface area contributed by atoms with Crippen molar-refractivity contribution in [3.63, 3.8) is 0 Å². The number of likely N-dealkylation sites (tertiary alicyclic amines) is 1. The molecule has 2 amide bonds. The van der Waals surface area contributed by atoms with Gasteiger partial charge in [-0.3, -0.25) is 9.59 Å². The van der Waals surface area contributed by atoms with Gasteiger partial charge < -0.3 is 14.8 Å². The second-order valence-corrected chi connectivity index (χ2v) is 9.83. The number of hydrogen-bond donors (Lipinski definition) is 1. The van der Waals surface area contributed by atoms with Gasteiger partial charge in [0.25, 0.3) is 0 Å².